The standard InChI is InChI=1S/C14H20N4O3.C7H4O/c1-11-3-5-12(6-4-11)16(2)14(19)13(18(20)21)17-9-7-15-8-10-17;8-7-5-3-1-2-4-6(5)7/h3-6,13,15H,7-10H2,1-2H3;1-4H. The Kier molecular flexibility index (Phi) is 6.36. The molecule has 1 heterocycles. The van der Waals surface area contributed by atoms with E-state index in [1.54, 1.807) is 24.1 Å². The molecule has 1 N–H and O–H groups in total. The van der Waals surface area contributed by atoms with Gasteiger partial charge in [0.15, 0.2) is 5.43 Å². The van der Waals surface area contributed by atoms with Crippen molar-refractivity contribution in [3.63, 3.8) is 0 Å². The summed E-state index contributed by atoms with van der Waals surface area (Å²) in [5.41, 5.74) is 1.95. The van der Waals surface area contributed by atoms with Gasteiger partial charge in [0.25, 0.3) is 0 Å². The maximum atomic E-state index is 12.5. The van der Waals surface area contributed by atoms with E-state index >= 15 is 0 Å². The second-order valence-corrected chi connectivity index (χ2v) is 7.05. The Morgan fingerprint density at radius 3 is 2.14 bits per heavy atom. The van der Waals surface area contributed by atoms with Gasteiger partial charge in [0, 0.05) is 54.6 Å². The van der Waals surface area contributed by atoms with Crippen LogP contribution in [0.3, 0.4) is 0 Å². The summed E-state index contributed by atoms with van der Waals surface area (Å²) < 4.78 is 0. The number of carbonyl (C=O) groups excluding carboxylic acids is 1. The largest absolute Gasteiger partial charge is 0.347 e. The lowest BCUT2D eigenvalue weighted by atomic mass is 10.2. The Bertz CT molecular complexity index is 971. The second kappa shape index (κ2) is 8.93. The summed E-state index contributed by atoms with van der Waals surface area (Å²) in [6.45, 7) is 4.27. The molecule has 1 aliphatic rings. The zero-order valence-electron chi connectivity index (χ0n) is 16.5. The van der Waals surface area contributed by atoms with Crippen molar-refractivity contribution in [1.82, 2.24) is 10.2 Å². The fraction of sp³-hybridized carbons (Fsp3) is 0.333. The van der Waals surface area contributed by atoms with Gasteiger partial charge in [-0.05, 0) is 19.1 Å². The molecule has 0 radical (unpaired) electrons. The number of hydrogen-bond donors (Lipinski definition) is 1. The van der Waals surface area contributed by atoms with Gasteiger partial charge in [0.1, 0.15) is 0 Å². The van der Waals surface area contributed by atoms with Crippen LogP contribution in [0, 0.1) is 17.0 Å². The lowest BCUT2D eigenvalue weighted by molar-refractivity contribution is -0.534. The average molecular weight is 396 g/mol. The Labute approximate surface area is 168 Å². The Hall–Kier alpha value is -3.10. The van der Waals surface area contributed by atoms with Crippen LogP contribution in [0.4, 0.5) is 5.69 Å². The van der Waals surface area contributed by atoms with Gasteiger partial charge in [-0.3, -0.25) is 19.7 Å². The number of anilines is 1. The summed E-state index contributed by atoms with van der Waals surface area (Å²) in [6, 6.07) is 14.8. The third-order valence-corrected chi connectivity index (χ3v) is 5.02. The monoisotopic (exact) mass is 396 g/mol. The first kappa shape index (κ1) is 20.6. The van der Waals surface area contributed by atoms with Gasteiger partial charge < -0.3 is 10.2 Å². The highest BCUT2D eigenvalue weighted by molar-refractivity contribution is 5.97. The third kappa shape index (κ3) is 4.85. The first-order chi connectivity index (χ1) is 13.9. The molecule has 0 aromatic heterocycles. The molecule has 0 bridgehead atoms. The number of piperazine rings is 1. The van der Waals surface area contributed by atoms with Crippen LogP contribution < -0.4 is 15.6 Å². The summed E-state index contributed by atoms with van der Waals surface area (Å²) in [5.74, 6) is -0.509. The molecule has 1 atom stereocenters. The predicted octanol–water partition coefficient (Wildman–Crippen LogP) is 1.54. The molecule has 1 saturated heterocycles. The molecule has 8 heteroatoms. The van der Waals surface area contributed by atoms with Crippen molar-refractivity contribution in [1.29, 1.82) is 0 Å². The van der Waals surface area contributed by atoms with Gasteiger partial charge in [-0.1, -0.05) is 42.0 Å². The Morgan fingerprint density at radius 1 is 1.10 bits per heavy atom. The number of nitrogens with one attached hydrogen (secondary N) is 1. The van der Waals surface area contributed by atoms with Crippen molar-refractivity contribution in [3.05, 3.63) is 74.4 Å². The SMILES string of the molecule is Cc1ccc(N(C)C(=O)C(N2CCNCC2)[N+](=O)[O-])cc1.O=c1c2ccccc12. The second-order valence-electron chi connectivity index (χ2n) is 7.05. The minimum absolute atomic E-state index is 0.218. The van der Waals surface area contributed by atoms with E-state index in [2.05, 4.69) is 5.32 Å². The number of likely N-dealkylation sites (N-methyl/N-ethyl adjacent to an activating group) is 1. The van der Waals surface area contributed by atoms with Gasteiger partial charge >= 0.3 is 12.1 Å². The minimum atomic E-state index is -1.32. The summed E-state index contributed by atoms with van der Waals surface area (Å²) in [5, 5.41) is 16.2. The van der Waals surface area contributed by atoms with E-state index in [1.165, 1.54) is 4.90 Å². The molecule has 3 aromatic rings. The van der Waals surface area contributed by atoms with Gasteiger partial charge in [-0.15, -0.1) is 0 Å². The van der Waals surface area contributed by atoms with Crippen molar-refractivity contribution in [3.8, 4) is 0 Å². The van der Waals surface area contributed by atoms with Crippen molar-refractivity contribution >= 4 is 22.4 Å². The number of carbonyl (C=O) groups is 1. The molecule has 1 unspecified atom stereocenters. The van der Waals surface area contributed by atoms with Crippen molar-refractivity contribution < 1.29 is 9.72 Å². The fourth-order valence-corrected chi connectivity index (χ4v) is 3.21. The summed E-state index contributed by atoms with van der Waals surface area (Å²) in [7, 11) is 1.58. The van der Waals surface area contributed by atoms with Crippen LogP contribution in [0.2, 0.25) is 0 Å². The van der Waals surface area contributed by atoms with Crippen molar-refractivity contribution in [2.45, 2.75) is 13.1 Å². The number of hydrogen-bond acceptors (Lipinski definition) is 6. The van der Waals surface area contributed by atoms with E-state index in [9.17, 15) is 19.7 Å². The number of amides is 1. The van der Waals surface area contributed by atoms with Crippen LogP contribution in [0.5, 0.6) is 0 Å². The number of rotatable bonds is 4. The molecule has 0 aliphatic carbocycles. The van der Waals surface area contributed by atoms with E-state index in [4.69, 9.17) is 0 Å². The number of nitrogens with zero attached hydrogens (tertiary/aromatic N) is 3. The van der Waals surface area contributed by atoms with Crippen molar-refractivity contribution in [2.75, 3.05) is 38.1 Å². The van der Waals surface area contributed by atoms with E-state index < -0.39 is 17.0 Å². The lowest BCUT2D eigenvalue weighted by Gasteiger charge is -2.30. The summed E-state index contributed by atoms with van der Waals surface area (Å²) >= 11 is 0. The van der Waals surface area contributed by atoms with E-state index in [-0.39, 0.29) is 5.43 Å². The summed E-state index contributed by atoms with van der Waals surface area (Å²) in [4.78, 5) is 36.8. The van der Waals surface area contributed by atoms with Crippen LogP contribution in [-0.4, -0.2) is 55.1 Å². The number of benzene rings is 2. The maximum absolute atomic E-state index is 12.5. The lowest BCUT2D eigenvalue weighted by Crippen LogP contribution is -2.57. The van der Waals surface area contributed by atoms with Crippen LogP contribution >= 0.6 is 0 Å². The smallest absolute Gasteiger partial charge is 0.314 e. The average Bonchev–Trinajstić information content (AvgIpc) is 3.39. The first-order valence-corrected chi connectivity index (χ1v) is 9.46. The maximum Gasteiger partial charge on any atom is 0.347 e. The zero-order chi connectivity index (χ0) is 21.0. The topological polar surface area (TPSA) is 95.8 Å². The quantitative estimate of drug-likeness (QED) is 0.531. The number of aryl methyl sites for hydroxylation is 1. The highest BCUT2D eigenvalue weighted by Gasteiger charge is 2.39. The highest BCUT2D eigenvalue weighted by Crippen LogP contribution is 2.16. The molecule has 8 nitrogen and oxygen atoms in total. The molecule has 1 amide bonds. The molecule has 1 aliphatic heterocycles. The summed E-state index contributed by atoms with van der Waals surface area (Å²) in [6.07, 6.45) is -1.32. The van der Waals surface area contributed by atoms with E-state index in [1.807, 2.05) is 43.3 Å². The molecule has 4 rings (SSSR count). The molecule has 1 fully saturated rings. The number of fused-ring (bicyclic) bond motifs is 1. The van der Waals surface area contributed by atoms with Crippen molar-refractivity contribution in [2.24, 2.45) is 0 Å². The molecule has 152 valence electrons. The number of nitro groups is 1. The normalized spacial score (nSPS) is 15.5. The van der Waals surface area contributed by atoms with Crippen LogP contribution in [0.1, 0.15) is 5.56 Å². The third-order valence-electron chi connectivity index (χ3n) is 5.02. The molecule has 0 saturated carbocycles. The zero-order valence-corrected chi connectivity index (χ0v) is 16.5. The van der Waals surface area contributed by atoms with Gasteiger partial charge in [0.2, 0.25) is 0 Å². The molecular formula is C21H24N4O4. The molecule has 0 spiro atoms. The van der Waals surface area contributed by atoms with E-state index in [0.29, 0.717) is 31.9 Å². The first-order valence-electron chi connectivity index (χ1n) is 9.46. The minimum Gasteiger partial charge on any atom is -0.314 e. The molecular weight excluding hydrogens is 372 g/mol. The molecule has 3 aromatic carbocycles. The fourth-order valence-electron chi connectivity index (χ4n) is 3.21. The van der Waals surface area contributed by atoms with Gasteiger partial charge in [0.05, 0.1) is 0 Å². The Balaban J connectivity index is 0.000000246. The Morgan fingerprint density at radius 2 is 1.66 bits per heavy atom. The van der Waals surface area contributed by atoms with Crippen LogP contribution in [0.25, 0.3) is 10.8 Å². The highest BCUT2D eigenvalue weighted by atomic mass is 16.6. The molecule has 29 heavy (non-hydrogen) atoms. The van der Waals surface area contributed by atoms with Gasteiger partial charge in [-0.25, -0.2) is 4.90 Å². The van der Waals surface area contributed by atoms with E-state index in [0.717, 1.165) is 16.3 Å². The van der Waals surface area contributed by atoms with Crippen LogP contribution in [0.15, 0.2) is 53.3 Å². The predicted molar refractivity (Wildman–Crippen MR) is 112 cm³/mol. The van der Waals surface area contributed by atoms with Gasteiger partial charge in [-0.2, -0.15) is 0 Å². The van der Waals surface area contributed by atoms with Crippen LogP contribution in [-0.2, 0) is 4.79 Å².